The van der Waals surface area contributed by atoms with Gasteiger partial charge in [-0.2, -0.15) is 13.2 Å². The van der Waals surface area contributed by atoms with E-state index in [0.29, 0.717) is 6.20 Å². The first kappa shape index (κ1) is 22.0. The Bertz CT molecular complexity index is 1100. The number of aliphatic hydroxyl groups is 1. The van der Waals surface area contributed by atoms with Crippen LogP contribution in [0, 0.1) is 5.82 Å². The molecular formula is C21H18F4N4O2. The average Bonchev–Trinajstić information content (AvgIpc) is 2.73. The molecule has 0 saturated heterocycles. The van der Waals surface area contributed by atoms with Crippen LogP contribution >= 0.6 is 0 Å². The van der Waals surface area contributed by atoms with E-state index in [4.69, 9.17) is 5.11 Å². The lowest BCUT2D eigenvalue weighted by Gasteiger charge is -2.17. The number of carbonyl (C=O) groups is 1. The summed E-state index contributed by atoms with van der Waals surface area (Å²) in [5, 5.41) is 16.9. The van der Waals surface area contributed by atoms with Gasteiger partial charge in [0, 0.05) is 30.6 Å². The van der Waals surface area contributed by atoms with Crippen molar-refractivity contribution in [3.05, 3.63) is 77.2 Å². The summed E-state index contributed by atoms with van der Waals surface area (Å²) in [4.78, 5) is 15.8. The van der Waals surface area contributed by atoms with E-state index in [1.807, 2.05) is 0 Å². The summed E-state index contributed by atoms with van der Waals surface area (Å²) in [6, 6.07) is 11.1. The smallest absolute Gasteiger partial charge is 0.392 e. The molecule has 0 radical (unpaired) electrons. The number of para-hydroxylation sites is 1. The molecule has 1 heterocycles. The molecule has 0 aliphatic rings. The number of nitrogens with zero attached hydrogens (tertiary/aromatic N) is 1. The summed E-state index contributed by atoms with van der Waals surface area (Å²) in [5.41, 5.74) is -0.730. The highest BCUT2D eigenvalue weighted by Crippen LogP contribution is 2.37. The summed E-state index contributed by atoms with van der Waals surface area (Å²) >= 11 is 0. The second-order valence-corrected chi connectivity index (χ2v) is 6.45. The van der Waals surface area contributed by atoms with Crippen LogP contribution in [-0.4, -0.2) is 23.0 Å². The van der Waals surface area contributed by atoms with Crippen LogP contribution in [-0.2, 0) is 12.8 Å². The molecule has 0 atom stereocenters. The fraction of sp³-hybridized carbons (Fsp3) is 0.143. The highest BCUT2D eigenvalue weighted by molar-refractivity contribution is 6.00. The standard InChI is InChI=1S/C21H18F4N4O2/c1-26-20(31)14-4-2-3-5-17(14)29-18-9-19(27-10-15(18)21(23,24)25)28-13-7-6-12(11-30)16(22)8-13/h2-10,30H,11H2,1H3,(H,26,31)(H2,27,28,29). The quantitative estimate of drug-likeness (QED) is 0.427. The Hall–Kier alpha value is -3.66. The minimum Gasteiger partial charge on any atom is -0.392 e. The molecule has 31 heavy (non-hydrogen) atoms. The number of amides is 1. The third-order valence-corrected chi connectivity index (χ3v) is 4.37. The summed E-state index contributed by atoms with van der Waals surface area (Å²) in [7, 11) is 1.41. The van der Waals surface area contributed by atoms with Crippen LogP contribution in [0.5, 0.6) is 0 Å². The Labute approximate surface area is 174 Å². The minimum atomic E-state index is -4.70. The van der Waals surface area contributed by atoms with Crippen LogP contribution in [0.4, 0.5) is 40.4 Å². The second kappa shape index (κ2) is 9.00. The van der Waals surface area contributed by atoms with Crippen molar-refractivity contribution in [1.29, 1.82) is 0 Å². The van der Waals surface area contributed by atoms with Gasteiger partial charge in [0.2, 0.25) is 0 Å². The zero-order valence-electron chi connectivity index (χ0n) is 16.2. The van der Waals surface area contributed by atoms with Crippen molar-refractivity contribution >= 4 is 28.8 Å². The fourth-order valence-corrected chi connectivity index (χ4v) is 2.82. The van der Waals surface area contributed by atoms with Crippen LogP contribution < -0.4 is 16.0 Å². The number of carbonyl (C=O) groups excluding carboxylic acids is 1. The van der Waals surface area contributed by atoms with Crippen LogP contribution in [0.15, 0.2) is 54.7 Å². The van der Waals surface area contributed by atoms with E-state index in [-0.39, 0.29) is 34.0 Å². The topological polar surface area (TPSA) is 86.3 Å². The number of halogens is 4. The van der Waals surface area contributed by atoms with Crippen LogP contribution in [0.25, 0.3) is 0 Å². The molecule has 0 spiro atoms. The molecule has 0 aliphatic heterocycles. The van der Waals surface area contributed by atoms with Gasteiger partial charge in [-0.05, 0) is 24.3 Å². The van der Waals surface area contributed by atoms with Crippen molar-refractivity contribution in [3.63, 3.8) is 0 Å². The molecule has 0 bridgehead atoms. The van der Waals surface area contributed by atoms with E-state index >= 15 is 0 Å². The number of rotatable bonds is 6. The molecule has 10 heteroatoms. The molecule has 0 fully saturated rings. The molecule has 3 rings (SSSR count). The molecule has 0 aliphatic carbocycles. The number of nitrogens with one attached hydrogen (secondary N) is 3. The number of aromatic nitrogens is 1. The Morgan fingerprint density at radius 1 is 1.06 bits per heavy atom. The number of alkyl halides is 3. The number of hydrogen-bond donors (Lipinski definition) is 4. The monoisotopic (exact) mass is 434 g/mol. The molecule has 3 aromatic rings. The Morgan fingerprint density at radius 2 is 1.81 bits per heavy atom. The molecule has 1 amide bonds. The third kappa shape index (κ3) is 5.10. The van der Waals surface area contributed by atoms with Gasteiger partial charge in [-0.1, -0.05) is 18.2 Å². The first-order valence-corrected chi connectivity index (χ1v) is 9.04. The van der Waals surface area contributed by atoms with Crippen LogP contribution in [0.2, 0.25) is 0 Å². The van der Waals surface area contributed by atoms with Gasteiger partial charge in [-0.3, -0.25) is 4.79 Å². The zero-order valence-corrected chi connectivity index (χ0v) is 16.2. The maximum atomic E-state index is 13.9. The zero-order chi connectivity index (χ0) is 22.6. The van der Waals surface area contributed by atoms with Gasteiger partial charge in [-0.25, -0.2) is 9.37 Å². The molecule has 0 unspecified atom stereocenters. The van der Waals surface area contributed by atoms with Gasteiger partial charge in [0.1, 0.15) is 11.6 Å². The van der Waals surface area contributed by atoms with Gasteiger partial charge in [0.05, 0.1) is 29.1 Å². The van der Waals surface area contributed by atoms with Crippen molar-refractivity contribution in [3.8, 4) is 0 Å². The first-order valence-electron chi connectivity index (χ1n) is 9.04. The molecule has 6 nitrogen and oxygen atoms in total. The van der Waals surface area contributed by atoms with Crippen LogP contribution in [0.1, 0.15) is 21.5 Å². The molecule has 162 valence electrons. The highest BCUT2D eigenvalue weighted by Gasteiger charge is 2.34. The van der Waals surface area contributed by atoms with Crippen LogP contribution in [0.3, 0.4) is 0 Å². The maximum absolute atomic E-state index is 13.9. The van der Waals surface area contributed by atoms with Gasteiger partial charge >= 0.3 is 6.18 Å². The minimum absolute atomic E-state index is 0.0177. The van der Waals surface area contributed by atoms with E-state index in [1.54, 1.807) is 12.1 Å². The highest BCUT2D eigenvalue weighted by atomic mass is 19.4. The van der Waals surface area contributed by atoms with Crippen molar-refractivity contribution in [1.82, 2.24) is 10.3 Å². The lowest BCUT2D eigenvalue weighted by atomic mass is 10.1. The SMILES string of the molecule is CNC(=O)c1ccccc1Nc1cc(Nc2ccc(CO)c(F)c2)ncc1C(F)(F)F. The van der Waals surface area contributed by atoms with E-state index in [9.17, 15) is 22.4 Å². The van der Waals surface area contributed by atoms with Crippen molar-refractivity contribution in [2.24, 2.45) is 0 Å². The number of aliphatic hydroxyl groups excluding tert-OH is 1. The molecule has 1 aromatic heterocycles. The summed E-state index contributed by atoms with van der Waals surface area (Å²) in [5.74, 6) is -1.12. The summed E-state index contributed by atoms with van der Waals surface area (Å²) in [6.07, 6.45) is -4.06. The Morgan fingerprint density at radius 3 is 2.45 bits per heavy atom. The second-order valence-electron chi connectivity index (χ2n) is 6.45. The maximum Gasteiger partial charge on any atom is 0.419 e. The van der Waals surface area contributed by atoms with Gasteiger partial charge in [0.15, 0.2) is 0 Å². The third-order valence-electron chi connectivity index (χ3n) is 4.37. The molecule has 2 aromatic carbocycles. The predicted octanol–water partition coefficient (Wildman–Crippen LogP) is 4.58. The fourth-order valence-electron chi connectivity index (χ4n) is 2.82. The summed E-state index contributed by atoms with van der Waals surface area (Å²) in [6.45, 7) is -0.483. The number of hydrogen-bond acceptors (Lipinski definition) is 5. The molecule has 0 saturated carbocycles. The summed E-state index contributed by atoms with van der Waals surface area (Å²) < 4.78 is 54.4. The predicted molar refractivity (Wildman–Crippen MR) is 108 cm³/mol. The Kier molecular flexibility index (Phi) is 6.40. The first-order chi connectivity index (χ1) is 14.7. The lowest BCUT2D eigenvalue weighted by Crippen LogP contribution is -2.19. The Balaban J connectivity index is 1.99. The molecule has 4 N–H and O–H groups in total. The van der Waals surface area contributed by atoms with E-state index < -0.39 is 30.1 Å². The van der Waals surface area contributed by atoms with Gasteiger partial charge in [-0.15, -0.1) is 0 Å². The van der Waals surface area contributed by atoms with E-state index in [0.717, 1.165) is 12.1 Å². The van der Waals surface area contributed by atoms with Crippen molar-refractivity contribution in [2.45, 2.75) is 12.8 Å². The van der Waals surface area contributed by atoms with Crippen molar-refractivity contribution < 1.29 is 27.5 Å². The number of anilines is 4. The van der Waals surface area contributed by atoms with Crippen molar-refractivity contribution in [2.75, 3.05) is 17.7 Å². The largest absolute Gasteiger partial charge is 0.419 e. The van der Waals surface area contributed by atoms with E-state index in [1.165, 1.54) is 31.3 Å². The van der Waals surface area contributed by atoms with E-state index in [2.05, 4.69) is 20.9 Å². The molecular weight excluding hydrogens is 416 g/mol. The average molecular weight is 434 g/mol. The number of benzene rings is 2. The van der Waals surface area contributed by atoms with Gasteiger partial charge < -0.3 is 21.1 Å². The lowest BCUT2D eigenvalue weighted by molar-refractivity contribution is -0.137. The normalized spacial score (nSPS) is 11.2. The number of pyridine rings is 1. The van der Waals surface area contributed by atoms with Gasteiger partial charge in [0.25, 0.3) is 5.91 Å².